The van der Waals surface area contributed by atoms with E-state index in [1.54, 1.807) is 7.11 Å². The van der Waals surface area contributed by atoms with E-state index in [2.05, 4.69) is 0 Å². The maximum absolute atomic E-state index is 5.92. The largest absolute Gasteiger partial charge is 0.495 e. The summed E-state index contributed by atoms with van der Waals surface area (Å²) in [7, 11) is 1.61. The Balaban J connectivity index is 2.46. The molecule has 0 aliphatic heterocycles. The lowest BCUT2D eigenvalue weighted by Gasteiger charge is -2.07. The Hall–Kier alpha value is -1.41. The summed E-state index contributed by atoms with van der Waals surface area (Å²) in [6.45, 7) is 0. The van der Waals surface area contributed by atoms with Gasteiger partial charge in [0.2, 0.25) is 0 Å². The molecule has 0 atom stereocenters. The van der Waals surface area contributed by atoms with Crippen molar-refractivity contribution in [1.29, 1.82) is 0 Å². The summed E-state index contributed by atoms with van der Waals surface area (Å²) in [6.07, 6.45) is 3.95. The van der Waals surface area contributed by atoms with Gasteiger partial charge in [-0.2, -0.15) is 0 Å². The Kier molecular flexibility index (Phi) is 2.46. The van der Waals surface area contributed by atoms with Gasteiger partial charge in [0.05, 0.1) is 12.1 Å². The molecule has 0 fully saturated rings. The minimum atomic E-state index is 0.628. The van der Waals surface area contributed by atoms with Crippen molar-refractivity contribution in [3.05, 3.63) is 47.7 Å². The zero-order chi connectivity index (χ0) is 9.97. The molecule has 0 N–H and O–H groups in total. The molecule has 0 aliphatic rings. The van der Waals surface area contributed by atoms with Crippen LogP contribution >= 0.6 is 11.6 Å². The van der Waals surface area contributed by atoms with Gasteiger partial charge in [0.15, 0.2) is 0 Å². The fourth-order valence-corrected chi connectivity index (χ4v) is 1.51. The number of benzene rings is 1. The Labute approximate surface area is 87.7 Å². The Morgan fingerprint density at radius 2 is 1.93 bits per heavy atom. The number of hydrogen-bond acceptors (Lipinski definition) is 1. The molecule has 1 heterocycles. The molecule has 0 saturated heterocycles. The first-order chi connectivity index (χ1) is 6.81. The van der Waals surface area contributed by atoms with Gasteiger partial charge >= 0.3 is 0 Å². The van der Waals surface area contributed by atoms with E-state index in [0.717, 1.165) is 5.69 Å². The van der Waals surface area contributed by atoms with E-state index in [1.807, 2.05) is 47.3 Å². The van der Waals surface area contributed by atoms with Crippen molar-refractivity contribution < 1.29 is 4.74 Å². The minimum Gasteiger partial charge on any atom is -0.495 e. The fraction of sp³-hybridized carbons (Fsp3) is 0.0909. The number of rotatable bonds is 2. The molecule has 0 saturated carbocycles. The van der Waals surface area contributed by atoms with Crippen molar-refractivity contribution >= 4 is 11.6 Å². The first-order valence-corrected chi connectivity index (χ1v) is 4.66. The van der Waals surface area contributed by atoms with Crippen LogP contribution in [-0.2, 0) is 0 Å². The van der Waals surface area contributed by atoms with Crippen LogP contribution < -0.4 is 4.74 Å². The summed E-state index contributed by atoms with van der Waals surface area (Å²) in [5.74, 6) is 0.692. The van der Waals surface area contributed by atoms with Crippen molar-refractivity contribution in [2.24, 2.45) is 0 Å². The third-order valence-electron chi connectivity index (χ3n) is 2.04. The van der Waals surface area contributed by atoms with E-state index in [0.29, 0.717) is 10.8 Å². The highest BCUT2D eigenvalue weighted by Gasteiger charge is 2.02. The molecular weight excluding hydrogens is 198 g/mol. The van der Waals surface area contributed by atoms with Crippen LogP contribution in [0, 0.1) is 0 Å². The standard InChI is InChI=1S/C11H10ClNO/c1-14-11-8-9(4-5-10(11)12)13-6-2-3-7-13/h2-8H,1H3. The second-order valence-electron chi connectivity index (χ2n) is 2.91. The van der Waals surface area contributed by atoms with E-state index < -0.39 is 0 Å². The second-order valence-corrected chi connectivity index (χ2v) is 3.32. The van der Waals surface area contributed by atoms with Crippen LogP contribution in [-0.4, -0.2) is 11.7 Å². The number of hydrogen-bond donors (Lipinski definition) is 0. The number of halogens is 1. The molecule has 2 nitrogen and oxygen atoms in total. The van der Waals surface area contributed by atoms with Gasteiger partial charge in [0, 0.05) is 24.1 Å². The van der Waals surface area contributed by atoms with Gasteiger partial charge in [-0.25, -0.2) is 0 Å². The Bertz CT molecular complexity index is 423. The SMILES string of the molecule is COc1cc(-n2cccc2)ccc1Cl. The van der Waals surface area contributed by atoms with Crippen molar-refractivity contribution in [3.8, 4) is 11.4 Å². The Morgan fingerprint density at radius 1 is 1.21 bits per heavy atom. The van der Waals surface area contributed by atoms with Gasteiger partial charge in [-0.05, 0) is 24.3 Å². The molecule has 3 heteroatoms. The van der Waals surface area contributed by atoms with Crippen molar-refractivity contribution in [1.82, 2.24) is 4.57 Å². The van der Waals surface area contributed by atoms with Gasteiger partial charge in [-0.1, -0.05) is 11.6 Å². The van der Waals surface area contributed by atoms with Gasteiger partial charge in [0.1, 0.15) is 5.75 Å². The maximum atomic E-state index is 5.92. The normalized spacial score (nSPS) is 10.1. The molecule has 0 bridgehead atoms. The summed E-state index contributed by atoms with van der Waals surface area (Å²) in [5.41, 5.74) is 1.04. The summed E-state index contributed by atoms with van der Waals surface area (Å²) in [4.78, 5) is 0. The minimum absolute atomic E-state index is 0.628. The lowest BCUT2D eigenvalue weighted by molar-refractivity contribution is 0.415. The third-order valence-corrected chi connectivity index (χ3v) is 2.35. The topological polar surface area (TPSA) is 14.2 Å². The molecule has 1 aromatic heterocycles. The van der Waals surface area contributed by atoms with Crippen LogP contribution in [0.25, 0.3) is 5.69 Å². The molecular formula is C11H10ClNO. The highest BCUT2D eigenvalue weighted by molar-refractivity contribution is 6.32. The van der Waals surface area contributed by atoms with E-state index in [4.69, 9.17) is 16.3 Å². The molecule has 0 aliphatic carbocycles. The number of ether oxygens (including phenoxy) is 1. The molecule has 2 rings (SSSR count). The van der Waals surface area contributed by atoms with Gasteiger partial charge < -0.3 is 9.30 Å². The lowest BCUT2D eigenvalue weighted by atomic mass is 10.3. The lowest BCUT2D eigenvalue weighted by Crippen LogP contribution is -1.91. The summed E-state index contributed by atoms with van der Waals surface area (Å²) < 4.78 is 7.14. The summed E-state index contributed by atoms with van der Waals surface area (Å²) >= 11 is 5.92. The molecule has 1 aromatic carbocycles. The predicted molar refractivity (Wildman–Crippen MR) is 57.3 cm³/mol. The van der Waals surface area contributed by atoms with Crippen molar-refractivity contribution in [3.63, 3.8) is 0 Å². The molecule has 0 unspecified atom stereocenters. The smallest absolute Gasteiger partial charge is 0.139 e. The first-order valence-electron chi connectivity index (χ1n) is 4.28. The number of aromatic nitrogens is 1. The van der Waals surface area contributed by atoms with Gasteiger partial charge in [-0.3, -0.25) is 0 Å². The highest BCUT2D eigenvalue weighted by Crippen LogP contribution is 2.26. The number of methoxy groups -OCH3 is 1. The third kappa shape index (κ3) is 1.61. The summed E-state index contributed by atoms with van der Waals surface area (Å²) in [5, 5.41) is 0.628. The first kappa shape index (κ1) is 9.16. The van der Waals surface area contributed by atoms with Gasteiger partial charge in [0.25, 0.3) is 0 Å². The summed E-state index contributed by atoms with van der Waals surface area (Å²) in [6, 6.07) is 9.63. The Morgan fingerprint density at radius 3 is 2.57 bits per heavy atom. The average Bonchev–Trinajstić information content (AvgIpc) is 2.71. The quantitative estimate of drug-likeness (QED) is 0.738. The van der Waals surface area contributed by atoms with Crippen LogP contribution in [0.3, 0.4) is 0 Å². The molecule has 0 amide bonds. The number of nitrogens with zero attached hydrogens (tertiary/aromatic N) is 1. The van der Waals surface area contributed by atoms with E-state index >= 15 is 0 Å². The molecule has 0 spiro atoms. The second kappa shape index (κ2) is 3.76. The van der Waals surface area contributed by atoms with Crippen LogP contribution in [0.15, 0.2) is 42.7 Å². The van der Waals surface area contributed by atoms with E-state index in [1.165, 1.54) is 0 Å². The zero-order valence-electron chi connectivity index (χ0n) is 7.77. The van der Waals surface area contributed by atoms with Crippen LogP contribution in [0.2, 0.25) is 5.02 Å². The monoisotopic (exact) mass is 207 g/mol. The van der Waals surface area contributed by atoms with Crippen molar-refractivity contribution in [2.45, 2.75) is 0 Å². The fourth-order valence-electron chi connectivity index (χ4n) is 1.32. The van der Waals surface area contributed by atoms with Crippen LogP contribution in [0.5, 0.6) is 5.75 Å². The predicted octanol–water partition coefficient (Wildman–Crippen LogP) is 3.14. The van der Waals surface area contributed by atoms with Crippen LogP contribution in [0.4, 0.5) is 0 Å². The zero-order valence-corrected chi connectivity index (χ0v) is 8.53. The average molecular weight is 208 g/mol. The molecule has 72 valence electrons. The molecule has 14 heavy (non-hydrogen) atoms. The molecule has 2 aromatic rings. The van der Waals surface area contributed by atoms with Crippen LogP contribution in [0.1, 0.15) is 0 Å². The maximum Gasteiger partial charge on any atom is 0.139 e. The highest BCUT2D eigenvalue weighted by atomic mass is 35.5. The molecule has 0 radical (unpaired) electrons. The van der Waals surface area contributed by atoms with Crippen molar-refractivity contribution in [2.75, 3.05) is 7.11 Å². The van der Waals surface area contributed by atoms with E-state index in [-0.39, 0.29) is 0 Å². The van der Waals surface area contributed by atoms with Gasteiger partial charge in [-0.15, -0.1) is 0 Å². The van der Waals surface area contributed by atoms with E-state index in [9.17, 15) is 0 Å².